The Morgan fingerprint density at radius 2 is 1.82 bits per heavy atom. The molecule has 3 rings (SSSR count). The monoisotopic (exact) mass is 380 g/mol. The summed E-state index contributed by atoms with van der Waals surface area (Å²) in [6, 6.07) is 14.9. The third-order valence-corrected chi connectivity index (χ3v) is 4.30. The summed E-state index contributed by atoms with van der Waals surface area (Å²) in [4.78, 5) is 25.1. The van der Waals surface area contributed by atoms with E-state index >= 15 is 0 Å². The Balaban J connectivity index is 1.95. The number of carbonyl (C=O) groups excluding carboxylic acids is 1. The Bertz CT molecular complexity index is 1060. The molecule has 1 heterocycles. The average molecular weight is 380 g/mol. The van der Waals surface area contributed by atoms with Crippen LogP contribution >= 0.6 is 0 Å². The van der Waals surface area contributed by atoms with Gasteiger partial charge in [0, 0.05) is 18.3 Å². The number of aromatic nitrogens is 2. The average Bonchev–Trinajstić information content (AvgIpc) is 2.67. The number of para-hydroxylation sites is 1. The van der Waals surface area contributed by atoms with Gasteiger partial charge < -0.3 is 0 Å². The van der Waals surface area contributed by atoms with Crippen molar-refractivity contribution in [3.8, 4) is 5.69 Å². The Morgan fingerprint density at radius 1 is 1.14 bits per heavy atom. The number of anilines is 1. The van der Waals surface area contributed by atoms with Gasteiger partial charge in [0.2, 0.25) is 5.43 Å². The lowest BCUT2D eigenvalue weighted by Crippen LogP contribution is -2.44. The van der Waals surface area contributed by atoms with Crippen LogP contribution in [0.1, 0.15) is 28.7 Å². The molecule has 1 N–H and O–H groups in total. The minimum atomic E-state index is -0.655. The topological polar surface area (TPSA) is 67.2 Å². The smallest absolute Gasteiger partial charge is 0.287 e. The summed E-state index contributed by atoms with van der Waals surface area (Å²) in [5, 5.41) is 5.74. The maximum atomic E-state index is 14.2. The third-order valence-electron chi connectivity index (χ3n) is 4.30. The molecule has 0 aliphatic carbocycles. The first-order chi connectivity index (χ1) is 13.4. The van der Waals surface area contributed by atoms with Crippen LogP contribution in [0.15, 0.2) is 59.4 Å². The van der Waals surface area contributed by atoms with Gasteiger partial charge in [-0.3, -0.25) is 20.0 Å². The largest absolute Gasteiger partial charge is 0.294 e. The van der Waals surface area contributed by atoms with Crippen molar-refractivity contribution in [2.45, 2.75) is 20.8 Å². The van der Waals surface area contributed by atoms with Crippen LogP contribution in [0.25, 0.3) is 5.69 Å². The third kappa shape index (κ3) is 3.93. The molecule has 28 heavy (non-hydrogen) atoms. The van der Waals surface area contributed by atoms with Crippen LogP contribution in [-0.4, -0.2) is 22.2 Å². The van der Waals surface area contributed by atoms with E-state index in [4.69, 9.17) is 0 Å². The van der Waals surface area contributed by atoms with Gasteiger partial charge >= 0.3 is 0 Å². The van der Waals surface area contributed by atoms with Crippen molar-refractivity contribution in [2.75, 3.05) is 11.6 Å². The Morgan fingerprint density at radius 3 is 2.46 bits per heavy atom. The molecule has 1 aromatic heterocycles. The fraction of sp³-hybridized carbons (Fsp3) is 0.190. The summed E-state index contributed by atoms with van der Waals surface area (Å²) in [7, 11) is 0. The zero-order valence-electron chi connectivity index (χ0n) is 15.9. The van der Waals surface area contributed by atoms with E-state index in [1.54, 1.807) is 24.1 Å². The minimum Gasteiger partial charge on any atom is -0.287 e. The van der Waals surface area contributed by atoms with Crippen molar-refractivity contribution in [1.82, 2.24) is 15.2 Å². The normalized spacial score (nSPS) is 10.6. The SMILES string of the molecule is CCN(NC(=O)c1nn(-c2ccccc2F)c(C)cc1=O)c1ccc(C)cc1. The first-order valence-electron chi connectivity index (χ1n) is 8.91. The number of nitrogens with zero attached hydrogens (tertiary/aromatic N) is 3. The van der Waals surface area contributed by atoms with Crippen LogP contribution < -0.4 is 15.9 Å². The second kappa shape index (κ2) is 8.04. The lowest BCUT2D eigenvalue weighted by atomic mass is 10.2. The molecule has 1 amide bonds. The Kier molecular flexibility index (Phi) is 5.54. The lowest BCUT2D eigenvalue weighted by molar-refractivity contribution is 0.0941. The summed E-state index contributed by atoms with van der Waals surface area (Å²) in [6.45, 7) is 5.97. The van der Waals surface area contributed by atoms with Gasteiger partial charge in [0.15, 0.2) is 5.69 Å². The van der Waals surface area contributed by atoms with Crippen molar-refractivity contribution in [3.63, 3.8) is 0 Å². The first-order valence-corrected chi connectivity index (χ1v) is 8.91. The van der Waals surface area contributed by atoms with E-state index in [1.807, 2.05) is 38.1 Å². The fourth-order valence-electron chi connectivity index (χ4n) is 2.80. The molecule has 144 valence electrons. The number of amides is 1. The number of carbonyl (C=O) groups is 1. The van der Waals surface area contributed by atoms with Crippen molar-refractivity contribution in [2.24, 2.45) is 0 Å². The van der Waals surface area contributed by atoms with Crippen molar-refractivity contribution in [1.29, 1.82) is 0 Å². The summed E-state index contributed by atoms with van der Waals surface area (Å²) < 4.78 is 15.4. The lowest BCUT2D eigenvalue weighted by Gasteiger charge is -2.23. The second-order valence-corrected chi connectivity index (χ2v) is 6.38. The predicted octanol–water partition coefficient (Wildman–Crippen LogP) is 3.16. The number of aryl methyl sites for hydroxylation is 2. The van der Waals surface area contributed by atoms with Crippen molar-refractivity contribution < 1.29 is 9.18 Å². The van der Waals surface area contributed by atoms with Crippen LogP contribution in [0.2, 0.25) is 0 Å². The van der Waals surface area contributed by atoms with E-state index in [0.29, 0.717) is 12.2 Å². The highest BCUT2D eigenvalue weighted by atomic mass is 19.1. The quantitative estimate of drug-likeness (QED) is 0.691. The predicted molar refractivity (Wildman–Crippen MR) is 106 cm³/mol. The van der Waals surface area contributed by atoms with Crippen LogP contribution in [-0.2, 0) is 0 Å². The van der Waals surface area contributed by atoms with Gasteiger partial charge in [0.1, 0.15) is 11.5 Å². The Hall–Kier alpha value is -3.48. The zero-order chi connectivity index (χ0) is 20.3. The highest BCUT2D eigenvalue weighted by molar-refractivity contribution is 5.93. The number of halogens is 1. The Labute approximate surface area is 162 Å². The van der Waals surface area contributed by atoms with Crippen LogP contribution in [0, 0.1) is 19.7 Å². The molecule has 0 bridgehead atoms. The summed E-state index contributed by atoms with van der Waals surface area (Å²) in [5.41, 5.74) is 4.34. The summed E-state index contributed by atoms with van der Waals surface area (Å²) >= 11 is 0. The molecule has 0 spiro atoms. The molecular weight excluding hydrogens is 359 g/mol. The van der Waals surface area contributed by atoms with E-state index in [2.05, 4.69) is 10.5 Å². The molecule has 7 heteroatoms. The molecular formula is C21H21FN4O2. The van der Waals surface area contributed by atoms with E-state index < -0.39 is 17.2 Å². The van der Waals surface area contributed by atoms with Gasteiger partial charge in [-0.1, -0.05) is 29.8 Å². The minimum absolute atomic E-state index is 0.167. The molecule has 0 saturated heterocycles. The number of benzene rings is 2. The van der Waals surface area contributed by atoms with Crippen LogP contribution in [0.3, 0.4) is 0 Å². The molecule has 0 fully saturated rings. The molecule has 0 unspecified atom stereocenters. The van der Waals surface area contributed by atoms with Gasteiger partial charge in [0.05, 0.1) is 5.69 Å². The number of hydrogen-bond donors (Lipinski definition) is 1. The second-order valence-electron chi connectivity index (χ2n) is 6.38. The summed E-state index contributed by atoms with van der Waals surface area (Å²) in [5.74, 6) is -1.15. The van der Waals surface area contributed by atoms with Gasteiger partial charge in [0.25, 0.3) is 5.91 Å². The fourth-order valence-corrected chi connectivity index (χ4v) is 2.80. The highest BCUT2D eigenvalue weighted by Crippen LogP contribution is 2.14. The standard InChI is InChI=1S/C21H21FN4O2/c1-4-25(16-11-9-14(2)10-12-16)24-21(28)20-19(27)13-15(3)26(23-20)18-8-6-5-7-17(18)22/h5-13H,4H2,1-3H3,(H,24,28). The number of nitrogens with one attached hydrogen (secondary N) is 1. The molecule has 0 saturated carbocycles. The van der Waals surface area contributed by atoms with Crippen LogP contribution in [0.4, 0.5) is 10.1 Å². The van der Waals surface area contributed by atoms with Crippen LogP contribution in [0.5, 0.6) is 0 Å². The first kappa shape index (κ1) is 19.3. The number of rotatable bonds is 5. The molecule has 2 aromatic carbocycles. The van der Waals surface area contributed by atoms with Gasteiger partial charge in [-0.2, -0.15) is 5.10 Å². The molecule has 0 atom stereocenters. The number of hydrogen-bond acceptors (Lipinski definition) is 4. The van der Waals surface area contributed by atoms with E-state index in [1.165, 1.54) is 22.9 Å². The van der Waals surface area contributed by atoms with E-state index in [0.717, 1.165) is 11.3 Å². The molecule has 6 nitrogen and oxygen atoms in total. The van der Waals surface area contributed by atoms with Gasteiger partial charge in [-0.25, -0.2) is 9.07 Å². The highest BCUT2D eigenvalue weighted by Gasteiger charge is 2.18. The van der Waals surface area contributed by atoms with Crippen molar-refractivity contribution >= 4 is 11.6 Å². The van der Waals surface area contributed by atoms with E-state index in [9.17, 15) is 14.0 Å². The maximum absolute atomic E-state index is 14.2. The number of hydrazine groups is 1. The van der Waals surface area contributed by atoms with Gasteiger partial charge in [-0.15, -0.1) is 0 Å². The van der Waals surface area contributed by atoms with Crippen molar-refractivity contribution in [3.05, 3.63) is 87.6 Å². The maximum Gasteiger partial charge on any atom is 0.294 e. The zero-order valence-corrected chi connectivity index (χ0v) is 15.9. The molecule has 0 radical (unpaired) electrons. The molecule has 3 aromatic rings. The van der Waals surface area contributed by atoms with Gasteiger partial charge in [-0.05, 0) is 45.0 Å². The summed E-state index contributed by atoms with van der Waals surface area (Å²) in [6.07, 6.45) is 0. The van der Waals surface area contributed by atoms with E-state index in [-0.39, 0.29) is 11.4 Å². The molecule has 0 aliphatic heterocycles. The molecule has 0 aliphatic rings.